The molecule has 1 aromatic heterocycles. The minimum Gasteiger partial charge on any atom is -0.393 e. The molecule has 0 aliphatic rings. The van der Waals surface area contributed by atoms with E-state index in [0.717, 1.165) is 0 Å². The summed E-state index contributed by atoms with van der Waals surface area (Å²) in [5.74, 6) is 0.281. The summed E-state index contributed by atoms with van der Waals surface area (Å²) in [6.07, 6.45) is 1.48. The third kappa shape index (κ3) is 3.85. The minimum atomic E-state index is -0.439. The Hall–Kier alpha value is -1.36. The number of amides is 1. The standard InChI is InChI=1S/C12H20N2O3/c1-8-9(7-14-17-8)11(16)13-6-5-10(15)12(2,3)4/h7,10,15H,5-6H2,1-4H3,(H,13,16). The first-order chi connectivity index (χ1) is 7.82. The number of carbonyl (C=O) groups is 1. The molecule has 1 unspecified atom stereocenters. The van der Waals surface area contributed by atoms with E-state index in [1.54, 1.807) is 6.92 Å². The summed E-state index contributed by atoms with van der Waals surface area (Å²) < 4.78 is 4.81. The van der Waals surface area contributed by atoms with E-state index in [2.05, 4.69) is 10.5 Å². The van der Waals surface area contributed by atoms with Crippen LogP contribution in [0, 0.1) is 12.3 Å². The van der Waals surface area contributed by atoms with Crippen molar-refractivity contribution in [3.63, 3.8) is 0 Å². The lowest BCUT2D eigenvalue weighted by atomic mass is 9.87. The smallest absolute Gasteiger partial charge is 0.256 e. The average molecular weight is 240 g/mol. The number of aliphatic hydroxyl groups is 1. The van der Waals surface area contributed by atoms with E-state index in [4.69, 9.17) is 4.52 Å². The van der Waals surface area contributed by atoms with Gasteiger partial charge < -0.3 is 14.9 Å². The maximum Gasteiger partial charge on any atom is 0.256 e. The van der Waals surface area contributed by atoms with Crippen LogP contribution >= 0.6 is 0 Å². The highest BCUT2D eigenvalue weighted by molar-refractivity contribution is 5.94. The molecule has 96 valence electrons. The van der Waals surface area contributed by atoms with Gasteiger partial charge in [0.25, 0.3) is 5.91 Å². The molecular formula is C12H20N2O3. The van der Waals surface area contributed by atoms with E-state index >= 15 is 0 Å². The quantitative estimate of drug-likeness (QED) is 0.836. The molecule has 2 N–H and O–H groups in total. The van der Waals surface area contributed by atoms with E-state index in [1.165, 1.54) is 6.20 Å². The number of hydrogen-bond acceptors (Lipinski definition) is 4. The summed E-state index contributed by atoms with van der Waals surface area (Å²) in [5, 5.41) is 16.1. The number of aryl methyl sites for hydroxylation is 1. The molecule has 17 heavy (non-hydrogen) atoms. The van der Waals surface area contributed by atoms with Gasteiger partial charge in [-0.3, -0.25) is 4.79 Å². The first-order valence-electron chi connectivity index (χ1n) is 5.70. The maximum atomic E-state index is 11.7. The highest BCUT2D eigenvalue weighted by Crippen LogP contribution is 2.20. The number of aromatic nitrogens is 1. The molecule has 0 bridgehead atoms. The Morgan fingerprint density at radius 1 is 1.59 bits per heavy atom. The molecular weight excluding hydrogens is 220 g/mol. The van der Waals surface area contributed by atoms with Crippen molar-refractivity contribution in [1.29, 1.82) is 0 Å². The minimum absolute atomic E-state index is 0.169. The van der Waals surface area contributed by atoms with E-state index in [9.17, 15) is 9.90 Å². The number of rotatable bonds is 4. The van der Waals surface area contributed by atoms with Gasteiger partial charge in [-0.1, -0.05) is 25.9 Å². The number of hydrogen-bond donors (Lipinski definition) is 2. The van der Waals surface area contributed by atoms with Crippen molar-refractivity contribution in [3.05, 3.63) is 17.5 Å². The average Bonchev–Trinajstić information content (AvgIpc) is 2.62. The van der Waals surface area contributed by atoms with Crippen molar-refractivity contribution in [2.75, 3.05) is 6.54 Å². The van der Waals surface area contributed by atoms with Crippen LogP contribution in [0.5, 0.6) is 0 Å². The molecule has 1 heterocycles. The summed E-state index contributed by atoms with van der Waals surface area (Å²) >= 11 is 0. The van der Waals surface area contributed by atoms with Crippen LogP contribution in [-0.2, 0) is 0 Å². The molecule has 0 spiro atoms. The molecule has 5 nitrogen and oxygen atoms in total. The topological polar surface area (TPSA) is 75.4 Å². The molecule has 0 saturated carbocycles. The molecule has 0 aliphatic heterocycles. The van der Waals surface area contributed by atoms with Crippen molar-refractivity contribution in [2.45, 2.75) is 40.2 Å². The normalized spacial score (nSPS) is 13.5. The Morgan fingerprint density at radius 3 is 2.71 bits per heavy atom. The van der Waals surface area contributed by atoms with Crippen molar-refractivity contribution in [3.8, 4) is 0 Å². The van der Waals surface area contributed by atoms with Crippen LogP contribution in [0.4, 0.5) is 0 Å². The highest BCUT2D eigenvalue weighted by Gasteiger charge is 2.22. The van der Waals surface area contributed by atoms with Gasteiger partial charge in [0.2, 0.25) is 0 Å². The molecule has 0 aliphatic carbocycles. The lowest BCUT2D eigenvalue weighted by Crippen LogP contribution is -2.32. The van der Waals surface area contributed by atoms with E-state index in [0.29, 0.717) is 24.3 Å². The molecule has 0 saturated heterocycles. The number of carbonyl (C=O) groups excluding carboxylic acids is 1. The van der Waals surface area contributed by atoms with Gasteiger partial charge in [-0.2, -0.15) is 0 Å². The van der Waals surface area contributed by atoms with Crippen LogP contribution in [0.1, 0.15) is 43.3 Å². The Morgan fingerprint density at radius 2 is 2.24 bits per heavy atom. The van der Waals surface area contributed by atoms with Crippen molar-refractivity contribution >= 4 is 5.91 Å². The molecule has 0 fully saturated rings. The van der Waals surface area contributed by atoms with Crippen molar-refractivity contribution in [2.24, 2.45) is 5.41 Å². The fourth-order valence-corrected chi connectivity index (χ4v) is 1.37. The Labute approximate surface area is 101 Å². The molecule has 0 aromatic carbocycles. The van der Waals surface area contributed by atoms with Gasteiger partial charge in [-0.05, 0) is 18.8 Å². The second-order valence-corrected chi connectivity index (χ2v) is 5.22. The SMILES string of the molecule is Cc1oncc1C(=O)NCCC(O)C(C)(C)C. The molecule has 5 heteroatoms. The summed E-state index contributed by atoms with van der Waals surface area (Å²) in [4.78, 5) is 11.7. The fourth-order valence-electron chi connectivity index (χ4n) is 1.37. The van der Waals surface area contributed by atoms with E-state index in [-0.39, 0.29) is 11.3 Å². The lowest BCUT2D eigenvalue weighted by Gasteiger charge is -2.25. The number of nitrogens with zero attached hydrogens (tertiary/aromatic N) is 1. The van der Waals surface area contributed by atoms with Crippen LogP contribution in [-0.4, -0.2) is 28.8 Å². The predicted octanol–water partition coefficient (Wildman–Crippen LogP) is 1.51. The van der Waals surface area contributed by atoms with Crippen molar-refractivity contribution in [1.82, 2.24) is 10.5 Å². The molecule has 1 amide bonds. The van der Waals surface area contributed by atoms with Crippen LogP contribution in [0.2, 0.25) is 0 Å². The zero-order valence-corrected chi connectivity index (χ0v) is 10.8. The predicted molar refractivity (Wildman–Crippen MR) is 63.7 cm³/mol. The Bertz CT molecular complexity index is 379. The number of nitrogens with one attached hydrogen (secondary N) is 1. The van der Waals surface area contributed by atoms with Crippen LogP contribution in [0.25, 0.3) is 0 Å². The van der Waals surface area contributed by atoms with Crippen molar-refractivity contribution < 1.29 is 14.4 Å². The molecule has 1 aromatic rings. The summed E-state index contributed by atoms with van der Waals surface area (Å²) in [7, 11) is 0. The molecule has 1 atom stereocenters. The first-order valence-corrected chi connectivity index (χ1v) is 5.70. The molecule has 0 radical (unpaired) electrons. The summed E-state index contributed by atoms with van der Waals surface area (Å²) in [6.45, 7) is 8.00. The van der Waals surface area contributed by atoms with Crippen LogP contribution in [0.15, 0.2) is 10.7 Å². The van der Waals surface area contributed by atoms with E-state index in [1.807, 2.05) is 20.8 Å². The Kier molecular flexibility index (Phi) is 4.28. The third-order valence-corrected chi connectivity index (χ3v) is 2.70. The monoisotopic (exact) mass is 240 g/mol. The maximum absolute atomic E-state index is 11.7. The third-order valence-electron chi connectivity index (χ3n) is 2.70. The van der Waals surface area contributed by atoms with Gasteiger partial charge in [0.15, 0.2) is 0 Å². The van der Waals surface area contributed by atoms with Crippen LogP contribution < -0.4 is 5.32 Å². The molecule has 1 rings (SSSR count). The highest BCUT2D eigenvalue weighted by atomic mass is 16.5. The van der Waals surface area contributed by atoms with Crippen LogP contribution in [0.3, 0.4) is 0 Å². The largest absolute Gasteiger partial charge is 0.393 e. The Balaban J connectivity index is 2.38. The summed E-state index contributed by atoms with van der Waals surface area (Å²) in [6, 6.07) is 0. The lowest BCUT2D eigenvalue weighted by molar-refractivity contribution is 0.0551. The van der Waals surface area contributed by atoms with Gasteiger partial charge in [0.1, 0.15) is 11.3 Å². The summed E-state index contributed by atoms with van der Waals surface area (Å²) in [5.41, 5.74) is 0.271. The van der Waals surface area contributed by atoms with Gasteiger partial charge in [-0.25, -0.2) is 0 Å². The first kappa shape index (κ1) is 13.7. The van der Waals surface area contributed by atoms with E-state index < -0.39 is 6.10 Å². The zero-order valence-electron chi connectivity index (χ0n) is 10.8. The zero-order chi connectivity index (χ0) is 13.1. The second kappa shape index (κ2) is 5.31. The number of aliphatic hydroxyl groups excluding tert-OH is 1. The second-order valence-electron chi connectivity index (χ2n) is 5.22. The van der Waals surface area contributed by atoms with Gasteiger partial charge >= 0.3 is 0 Å². The fraction of sp³-hybridized carbons (Fsp3) is 0.667. The van der Waals surface area contributed by atoms with Gasteiger partial charge in [0.05, 0.1) is 12.3 Å². The van der Waals surface area contributed by atoms with Gasteiger partial charge in [0, 0.05) is 6.54 Å². The van der Waals surface area contributed by atoms with Gasteiger partial charge in [-0.15, -0.1) is 0 Å².